The molecule has 0 spiro atoms. The molecular weight excluding hydrogens is 272 g/mol. The Morgan fingerprint density at radius 2 is 1.90 bits per heavy atom. The zero-order chi connectivity index (χ0) is 15.6. The van der Waals surface area contributed by atoms with Crippen molar-refractivity contribution in [2.45, 2.75) is 26.3 Å². The molecule has 0 saturated carbocycles. The van der Waals surface area contributed by atoms with E-state index in [9.17, 15) is 8.78 Å². The van der Waals surface area contributed by atoms with Crippen molar-refractivity contribution in [2.24, 2.45) is 5.73 Å². The van der Waals surface area contributed by atoms with E-state index in [1.807, 2.05) is 26.0 Å². The lowest BCUT2D eigenvalue weighted by Gasteiger charge is -2.19. The molecular formula is C17H19F2NO. The predicted molar refractivity (Wildman–Crippen MR) is 79.5 cm³/mol. The highest BCUT2D eigenvalue weighted by Crippen LogP contribution is 2.31. The maximum absolute atomic E-state index is 13.8. The maximum Gasteiger partial charge on any atom is 0.162 e. The number of benzene rings is 2. The number of hydrogen-bond acceptors (Lipinski definition) is 2. The minimum atomic E-state index is -0.854. The van der Waals surface area contributed by atoms with E-state index in [1.165, 1.54) is 6.07 Å². The highest BCUT2D eigenvalue weighted by atomic mass is 19.2. The predicted octanol–water partition coefficient (Wildman–Crippen LogP) is 3.83. The number of rotatable bonds is 4. The molecule has 0 fully saturated rings. The van der Waals surface area contributed by atoms with Crippen LogP contribution in [0.5, 0.6) is 5.75 Å². The van der Waals surface area contributed by atoms with Crippen LogP contribution in [0.3, 0.4) is 0 Å². The molecule has 2 aromatic carbocycles. The van der Waals surface area contributed by atoms with E-state index >= 15 is 0 Å². The fraction of sp³-hybridized carbons (Fsp3) is 0.294. The second kappa shape index (κ2) is 6.22. The van der Waals surface area contributed by atoms with Gasteiger partial charge in [-0.25, -0.2) is 8.78 Å². The summed E-state index contributed by atoms with van der Waals surface area (Å²) >= 11 is 0. The van der Waals surface area contributed by atoms with E-state index in [4.69, 9.17) is 10.5 Å². The van der Waals surface area contributed by atoms with Gasteiger partial charge in [-0.1, -0.05) is 18.2 Å². The quantitative estimate of drug-likeness (QED) is 0.929. The second-order valence-corrected chi connectivity index (χ2v) is 5.22. The molecule has 0 amide bonds. The average molecular weight is 291 g/mol. The Morgan fingerprint density at radius 3 is 2.57 bits per heavy atom. The Hall–Kier alpha value is -1.94. The van der Waals surface area contributed by atoms with Crippen LogP contribution in [-0.4, -0.2) is 7.11 Å². The van der Waals surface area contributed by atoms with Gasteiger partial charge in [0.15, 0.2) is 11.6 Å². The first-order valence-electron chi connectivity index (χ1n) is 6.77. The van der Waals surface area contributed by atoms with E-state index in [1.54, 1.807) is 13.2 Å². The standard InChI is InChI=1S/C17H19F2NO/c1-10-7-11(2)16(15(8-10)21-3)14(20)9-12-5-4-6-13(18)17(12)19/h4-8,14H,9,20H2,1-3H3. The topological polar surface area (TPSA) is 35.2 Å². The van der Waals surface area contributed by atoms with E-state index in [0.29, 0.717) is 5.75 Å². The summed E-state index contributed by atoms with van der Waals surface area (Å²) in [7, 11) is 1.58. The number of hydrogen-bond donors (Lipinski definition) is 1. The Kier molecular flexibility index (Phi) is 4.58. The highest BCUT2D eigenvalue weighted by Gasteiger charge is 2.18. The van der Waals surface area contributed by atoms with Crippen LogP contribution < -0.4 is 10.5 Å². The molecule has 1 unspecified atom stereocenters. The molecule has 0 aliphatic heterocycles. The van der Waals surface area contributed by atoms with Crippen LogP contribution in [0, 0.1) is 25.5 Å². The monoisotopic (exact) mass is 291 g/mol. The summed E-state index contributed by atoms with van der Waals surface area (Å²) in [6.45, 7) is 3.91. The SMILES string of the molecule is COc1cc(C)cc(C)c1C(N)Cc1cccc(F)c1F. The Labute approximate surface area is 123 Å². The zero-order valence-corrected chi connectivity index (χ0v) is 12.4. The average Bonchev–Trinajstić information content (AvgIpc) is 2.42. The Morgan fingerprint density at radius 1 is 1.19 bits per heavy atom. The van der Waals surface area contributed by atoms with Gasteiger partial charge >= 0.3 is 0 Å². The first-order chi connectivity index (χ1) is 9.93. The normalized spacial score (nSPS) is 12.3. The van der Waals surface area contributed by atoms with E-state index in [2.05, 4.69) is 0 Å². The van der Waals surface area contributed by atoms with E-state index in [0.717, 1.165) is 22.8 Å². The molecule has 0 radical (unpaired) electrons. The van der Waals surface area contributed by atoms with E-state index in [-0.39, 0.29) is 12.0 Å². The molecule has 0 aromatic heterocycles. The van der Waals surface area contributed by atoms with Crippen molar-refractivity contribution >= 4 is 0 Å². The molecule has 0 heterocycles. The molecule has 0 bridgehead atoms. The van der Waals surface area contributed by atoms with Crippen LogP contribution in [0.25, 0.3) is 0 Å². The largest absolute Gasteiger partial charge is 0.496 e. The summed E-state index contributed by atoms with van der Waals surface area (Å²) in [6, 6.07) is 7.57. The van der Waals surface area contributed by atoms with Crippen molar-refractivity contribution < 1.29 is 13.5 Å². The molecule has 2 N–H and O–H groups in total. The first kappa shape index (κ1) is 15.4. The van der Waals surface area contributed by atoms with Gasteiger partial charge in [-0.3, -0.25) is 0 Å². The van der Waals surface area contributed by atoms with Crippen molar-refractivity contribution in [1.29, 1.82) is 0 Å². The molecule has 0 aliphatic carbocycles. The van der Waals surface area contributed by atoms with Crippen molar-refractivity contribution in [3.63, 3.8) is 0 Å². The van der Waals surface area contributed by atoms with Crippen molar-refractivity contribution in [3.05, 3.63) is 64.2 Å². The van der Waals surface area contributed by atoms with Gasteiger partial charge in [-0.2, -0.15) is 0 Å². The zero-order valence-electron chi connectivity index (χ0n) is 12.4. The summed E-state index contributed by atoms with van der Waals surface area (Å²) in [5, 5.41) is 0. The van der Waals surface area contributed by atoms with Gasteiger partial charge in [0.05, 0.1) is 7.11 Å². The number of halogens is 2. The lowest BCUT2D eigenvalue weighted by molar-refractivity contribution is 0.404. The Bertz CT molecular complexity index is 655. The van der Waals surface area contributed by atoms with E-state index < -0.39 is 17.7 Å². The maximum atomic E-state index is 13.8. The summed E-state index contributed by atoms with van der Waals surface area (Å²) < 4.78 is 32.4. The molecule has 1 atom stereocenters. The molecule has 0 aliphatic rings. The second-order valence-electron chi connectivity index (χ2n) is 5.22. The van der Waals surface area contributed by atoms with Gasteiger partial charge in [0.25, 0.3) is 0 Å². The van der Waals surface area contributed by atoms with Gasteiger partial charge in [0.1, 0.15) is 5.75 Å². The Balaban J connectivity index is 2.37. The van der Waals surface area contributed by atoms with Gasteiger partial charge < -0.3 is 10.5 Å². The van der Waals surface area contributed by atoms with Crippen molar-refractivity contribution in [3.8, 4) is 5.75 Å². The third kappa shape index (κ3) is 3.22. The van der Waals surface area contributed by atoms with Crippen molar-refractivity contribution in [1.82, 2.24) is 0 Å². The molecule has 112 valence electrons. The fourth-order valence-corrected chi connectivity index (χ4v) is 2.63. The molecule has 2 nitrogen and oxygen atoms in total. The molecule has 2 aromatic rings. The lowest BCUT2D eigenvalue weighted by Crippen LogP contribution is -2.17. The number of aryl methyl sites for hydroxylation is 2. The van der Waals surface area contributed by atoms with Crippen molar-refractivity contribution in [2.75, 3.05) is 7.11 Å². The van der Waals surface area contributed by atoms with Crippen LogP contribution in [0.15, 0.2) is 30.3 Å². The van der Waals surface area contributed by atoms with Gasteiger partial charge in [0, 0.05) is 11.6 Å². The van der Waals surface area contributed by atoms with Gasteiger partial charge in [0.2, 0.25) is 0 Å². The smallest absolute Gasteiger partial charge is 0.162 e. The number of ether oxygens (including phenoxy) is 1. The van der Waals surface area contributed by atoms with Gasteiger partial charge in [-0.15, -0.1) is 0 Å². The molecule has 4 heteroatoms. The summed E-state index contributed by atoms with van der Waals surface area (Å²) in [5.74, 6) is -1.01. The minimum Gasteiger partial charge on any atom is -0.496 e. The molecule has 21 heavy (non-hydrogen) atoms. The van der Waals surface area contributed by atoms with Crippen LogP contribution in [-0.2, 0) is 6.42 Å². The van der Waals surface area contributed by atoms with Crippen LogP contribution in [0.1, 0.15) is 28.3 Å². The van der Waals surface area contributed by atoms with Gasteiger partial charge in [-0.05, 0) is 49.1 Å². The van der Waals surface area contributed by atoms with Crippen LogP contribution >= 0.6 is 0 Å². The summed E-state index contributed by atoms with van der Waals surface area (Å²) in [4.78, 5) is 0. The van der Waals surface area contributed by atoms with Crippen LogP contribution in [0.2, 0.25) is 0 Å². The summed E-state index contributed by atoms with van der Waals surface area (Å²) in [6.07, 6.45) is 0.212. The van der Waals surface area contributed by atoms with Crippen LogP contribution in [0.4, 0.5) is 8.78 Å². The lowest BCUT2D eigenvalue weighted by atomic mass is 9.93. The minimum absolute atomic E-state index is 0.212. The third-order valence-electron chi connectivity index (χ3n) is 3.56. The highest BCUT2D eigenvalue weighted by molar-refractivity contribution is 5.45. The third-order valence-corrected chi connectivity index (χ3v) is 3.56. The fourth-order valence-electron chi connectivity index (χ4n) is 2.63. The number of methoxy groups -OCH3 is 1. The number of nitrogens with two attached hydrogens (primary N) is 1. The molecule has 0 saturated heterocycles. The molecule has 2 rings (SSSR count). The first-order valence-corrected chi connectivity index (χ1v) is 6.77. The summed E-state index contributed by atoms with van der Waals surface area (Å²) in [5.41, 5.74) is 9.35.